The molecule has 3 N–H and O–H groups in total. The lowest BCUT2D eigenvalue weighted by Gasteiger charge is -2.25. The van der Waals surface area contributed by atoms with Crippen LogP contribution in [-0.2, 0) is 4.79 Å². The number of urea groups is 1. The third-order valence-corrected chi connectivity index (χ3v) is 2.90. The summed E-state index contributed by atoms with van der Waals surface area (Å²) in [4.78, 5) is 23.1. The van der Waals surface area contributed by atoms with E-state index in [2.05, 4.69) is 16.6 Å². The van der Waals surface area contributed by atoms with Gasteiger partial charge in [-0.05, 0) is 31.5 Å². The first-order chi connectivity index (χ1) is 9.41. The number of hydrogen-bond acceptors (Lipinski definition) is 2. The quantitative estimate of drug-likeness (QED) is 0.721. The lowest BCUT2D eigenvalue weighted by molar-refractivity contribution is -0.143. The average Bonchev–Trinajstić information content (AvgIpc) is 2.38. The molecule has 106 valence electrons. The number of carbonyl (C=O) groups excluding carboxylic acids is 1. The summed E-state index contributed by atoms with van der Waals surface area (Å²) in [5.41, 5.74) is -0.137. The summed E-state index contributed by atoms with van der Waals surface area (Å²) in [5.74, 6) is 1.40. The molecule has 1 unspecified atom stereocenters. The van der Waals surface area contributed by atoms with Gasteiger partial charge in [-0.25, -0.2) is 9.59 Å². The number of aliphatic carboxylic acids is 1. The van der Waals surface area contributed by atoms with Crippen LogP contribution in [0.1, 0.15) is 32.3 Å². The zero-order valence-corrected chi connectivity index (χ0v) is 11.6. The monoisotopic (exact) mass is 274 g/mol. The van der Waals surface area contributed by atoms with E-state index in [9.17, 15) is 14.7 Å². The van der Waals surface area contributed by atoms with E-state index in [-0.39, 0.29) is 0 Å². The number of nitrogens with one attached hydrogen (secondary N) is 2. The van der Waals surface area contributed by atoms with Gasteiger partial charge >= 0.3 is 12.0 Å². The van der Waals surface area contributed by atoms with Crippen molar-refractivity contribution < 1.29 is 14.7 Å². The van der Waals surface area contributed by atoms with Gasteiger partial charge in [0.15, 0.2) is 0 Å². The van der Waals surface area contributed by atoms with Crippen LogP contribution in [0.2, 0.25) is 0 Å². The second kappa shape index (κ2) is 6.62. The molecule has 0 saturated carbocycles. The maximum Gasteiger partial charge on any atom is 0.329 e. The third kappa shape index (κ3) is 4.02. The van der Waals surface area contributed by atoms with Crippen LogP contribution in [0.4, 0.5) is 10.5 Å². The fourth-order valence-corrected chi connectivity index (χ4v) is 1.82. The van der Waals surface area contributed by atoms with E-state index in [1.165, 1.54) is 6.92 Å². The molecule has 0 spiro atoms. The molecule has 0 aliphatic carbocycles. The zero-order valence-electron chi connectivity index (χ0n) is 11.6. The van der Waals surface area contributed by atoms with Crippen LogP contribution < -0.4 is 10.6 Å². The molecule has 5 heteroatoms. The summed E-state index contributed by atoms with van der Waals surface area (Å²) in [6.45, 7) is 3.34. The van der Waals surface area contributed by atoms with Gasteiger partial charge in [-0.2, -0.15) is 0 Å². The van der Waals surface area contributed by atoms with Gasteiger partial charge in [0, 0.05) is 11.3 Å². The van der Waals surface area contributed by atoms with E-state index in [1.54, 1.807) is 24.3 Å². The van der Waals surface area contributed by atoms with Crippen molar-refractivity contribution in [1.82, 2.24) is 5.32 Å². The van der Waals surface area contributed by atoms with Crippen molar-refractivity contribution in [2.75, 3.05) is 5.32 Å². The molecule has 0 bridgehead atoms. The van der Waals surface area contributed by atoms with Crippen LogP contribution in [-0.4, -0.2) is 22.6 Å². The highest BCUT2D eigenvalue weighted by molar-refractivity contribution is 5.93. The van der Waals surface area contributed by atoms with E-state index >= 15 is 0 Å². The largest absolute Gasteiger partial charge is 0.480 e. The van der Waals surface area contributed by atoms with E-state index in [4.69, 9.17) is 6.42 Å². The minimum atomic E-state index is -1.29. The minimum absolute atomic E-state index is 0.347. The molecular weight excluding hydrogens is 256 g/mol. The maximum absolute atomic E-state index is 11.9. The van der Waals surface area contributed by atoms with Crippen LogP contribution >= 0.6 is 0 Å². The zero-order chi connectivity index (χ0) is 15.2. The molecular formula is C15H18N2O3. The minimum Gasteiger partial charge on any atom is -0.480 e. The molecule has 20 heavy (non-hydrogen) atoms. The number of terminal acetylenes is 1. The molecule has 0 aliphatic heterocycles. The topological polar surface area (TPSA) is 78.4 Å². The van der Waals surface area contributed by atoms with Crippen molar-refractivity contribution in [2.24, 2.45) is 0 Å². The summed E-state index contributed by atoms with van der Waals surface area (Å²) in [5, 5.41) is 14.2. The van der Waals surface area contributed by atoms with E-state index in [1.807, 2.05) is 6.92 Å². The Morgan fingerprint density at radius 3 is 2.70 bits per heavy atom. The van der Waals surface area contributed by atoms with Crippen molar-refractivity contribution in [3.8, 4) is 12.3 Å². The summed E-state index contributed by atoms with van der Waals surface area (Å²) >= 11 is 0. The molecule has 5 nitrogen and oxygen atoms in total. The SMILES string of the molecule is C#Cc1cccc(NC(=O)NC(C)(CCC)C(=O)O)c1. The number of carbonyl (C=O) groups is 2. The van der Waals surface area contributed by atoms with Gasteiger partial charge in [-0.1, -0.05) is 25.3 Å². The van der Waals surface area contributed by atoms with Crippen molar-refractivity contribution >= 4 is 17.7 Å². The normalized spacial score (nSPS) is 12.8. The molecule has 1 aromatic rings. The van der Waals surface area contributed by atoms with Crippen LogP contribution in [0, 0.1) is 12.3 Å². The van der Waals surface area contributed by atoms with Gasteiger partial charge in [0.25, 0.3) is 0 Å². The first-order valence-electron chi connectivity index (χ1n) is 6.30. The second-order valence-electron chi connectivity index (χ2n) is 4.69. The summed E-state index contributed by atoms with van der Waals surface area (Å²) < 4.78 is 0. The number of hydrogen-bond donors (Lipinski definition) is 3. The number of carboxylic acids is 1. The Morgan fingerprint density at radius 2 is 2.15 bits per heavy atom. The Labute approximate surface area is 118 Å². The maximum atomic E-state index is 11.9. The van der Waals surface area contributed by atoms with Crippen molar-refractivity contribution in [3.63, 3.8) is 0 Å². The highest BCUT2D eigenvalue weighted by Gasteiger charge is 2.33. The Bertz CT molecular complexity index is 548. The van der Waals surface area contributed by atoms with Crippen molar-refractivity contribution in [2.45, 2.75) is 32.2 Å². The Balaban J connectivity index is 2.76. The molecule has 1 atom stereocenters. The first kappa shape index (κ1) is 15.6. The van der Waals surface area contributed by atoms with Gasteiger partial charge in [-0.15, -0.1) is 6.42 Å². The van der Waals surface area contributed by atoms with Crippen molar-refractivity contribution in [1.29, 1.82) is 0 Å². The molecule has 1 aromatic carbocycles. The molecule has 0 radical (unpaired) electrons. The van der Waals surface area contributed by atoms with Crippen LogP contribution in [0.25, 0.3) is 0 Å². The number of anilines is 1. The molecule has 0 aliphatic rings. The lowest BCUT2D eigenvalue weighted by Crippen LogP contribution is -2.53. The van der Waals surface area contributed by atoms with Gasteiger partial charge in [0.05, 0.1) is 0 Å². The second-order valence-corrected chi connectivity index (χ2v) is 4.69. The number of benzene rings is 1. The van der Waals surface area contributed by atoms with Crippen LogP contribution in [0.3, 0.4) is 0 Å². The van der Waals surface area contributed by atoms with E-state index < -0.39 is 17.5 Å². The fourth-order valence-electron chi connectivity index (χ4n) is 1.82. The highest BCUT2D eigenvalue weighted by Crippen LogP contribution is 2.14. The summed E-state index contributed by atoms with van der Waals surface area (Å²) in [7, 11) is 0. The first-order valence-corrected chi connectivity index (χ1v) is 6.30. The standard InChI is InChI=1S/C15H18N2O3/c1-4-9-15(3,13(18)19)17-14(20)16-12-8-6-7-11(5-2)10-12/h2,6-8,10H,4,9H2,1,3H3,(H,18,19)(H2,16,17,20). The van der Waals surface area contributed by atoms with Gasteiger partial charge in [0.2, 0.25) is 0 Å². The highest BCUT2D eigenvalue weighted by atomic mass is 16.4. The molecule has 0 fully saturated rings. The molecule has 0 heterocycles. The number of rotatable bonds is 5. The van der Waals surface area contributed by atoms with Gasteiger partial charge in [0.1, 0.15) is 5.54 Å². The Kier molecular flexibility index (Phi) is 5.15. The van der Waals surface area contributed by atoms with Crippen molar-refractivity contribution in [3.05, 3.63) is 29.8 Å². The van der Waals surface area contributed by atoms with E-state index in [0.717, 1.165) is 0 Å². The predicted molar refractivity (Wildman–Crippen MR) is 77.5 cm³/mol. The summed E-state index contributed by atoms with van der Waals surface area (Å²) in [6.07, 6.45) is 6.27. The summed E-state index contributed by atoms with van der Waals surface area (Å²) in [6, 6.07) is 6.20. The smallest absolute Gasteiger partial charge is 0.329 e. The van der Waals surface area contributed by atoms with Gasteiger partial charge < -0.3 is 15.7 Å². The molecule has 0 saturated heterocycles. The fraction of sp³-hybridized carbons (Fsp3) is 0.333. The Morgan fingerprint density at radius 1 is 1.45 bits per heavy atom. The van der Waals surface area contributed by atoms with E-state index in [0.29, 0.717) is 24.1 Å². The molecule has 1 rings (SSSR count). The lowest BCUT2D eigenvalue weighted by atomic mass is 9.97. The third-order valence-electron chi connectivity index (χ3n) is 2.90. The molecule has 2 amide bonds. The number of carboxylic acid groups (broad SMARTS) is 1. The Hall–Kier alpha value is -2.48. The average molecular weight is 274 g/mol. The van der Waals surface area contributed by atoms with Crippen LogP contribution in [0.15, 0.2) is 24.3 Å². The predicted octanol–water partition coefficient (Wildman–Crippen LogP) is 2.43. The number of amides is 2. The van der Waals surface area contributed by atoms with Crippen LogP contribution in [0.5, 0.6) is 0 Å². The molecule has 0 aromatic heterocycles. The van der Waals surface area contributed by atoms with Gasteiger partial charge in [-0.3, -0.25) is 0 Å².